The van der Waals surface area contributed by atoms with Gasteiger partial charge in [-0.05, 0) is 30.0 Å². The summed E-state index contributed by atoms with van der Waals surface area (Å²) in [6, 6.07) is 13.6. The molecule has 3 heterocycles. The molecule has 0 atom stereocenters. The molecular formula is C21H21N3O3S. The van der Waals surface area contributed by atoms with Crippen molar-refractivity contribution >= 4 is 34.2 Å². The molecule has 4 rings (SSSR count). The van der Waals surface area contributed by atoms with Gasteiger partial charge in [0.1, 0.15) is 0 Å². The maximum absolute atomic E-state index is 13.4. The average Bonchev–Trinajstić information content (AvgIpc) is 3.16. The summed E-state index contributed by atoms with van der Waals surface area (Å²) in [7, 11) is 1.38. The average molecular weight is 395 g/mol. The molecule has 28 heavy (non-hydrogen) atoms. The molecule has 0 radical (unpaired) electrons. The zero-order valence-electron chi connectivity index (χ0n) is 15.6. The maximum Gasteiger partial charge on any atom is 0.409 e. The summed E-state index contributed by atoms with van der Waals surface area (Å²) in [6.45, 7) is 2.16. The Morgan fingerprint density at radius 1 is 1.04 bits per heavy atom. The molecule has 2 amide bonds. The Kier molecular flexibility index (Phi) is 5.25. The third-order valence-corrected chi connectivity index (χ3v) is 5.83. The summed E-state index contributed by atoms with van der Waals surface area (Å²) in [5, 5.41) is 2.85. The lowest BCUT2D eigenvalue weighted by Crippen LogP contribution is -2.37. The van der Waals surface area contributed by atoms with E-state index in [0.717, 1.165) is 27.9 Å². The molecule has 0 N–H and O–H groups in total. The van der Waals surface area contributed by atoms with Gasteiger partial charge in [-0.3, -0.25) is 4.79 Å². The normalized spacial score (nSPS) is 14.8. The zero-order valence-corrected chi connectivity index (χ0v) is 16.4. The third kappa shape index (κ3) is 3.57. The van der Waals surface area contributed by atoms with Gasteiger partial charge in [0.15, 0.2) is 0 Å². The smallest absolute Gasteiger partial charge is 0.409 e. The van der Waals surface area contributed by atoms with Crippen LogP contribution in [-0.4, -0.2) is 60.1 Å². The van der Waals surface area contributed by atoms with Crippen molar-refractivity contribution in [2.24, 2.45) is 0 Å². The van der Waals surface area contributed by atoms with Crippen molar-refractivity contribution in [3.05, 3.63) is 53.4 Å². The van der Waals surface area contributed by atoms with Gasteiger partial charge in [0.05, 0.1) is 28.8 Å². The monoisotopic (exact) mass is 395 g/mol. The number of para-hydroxylation sites is 1. The van der Waals surface area contributed by atoms with Gasteiger partial charge in [-0.1, -0.05) is 24.3 Å². The molecule has 3 aromatic rings. The van der Waals surface area contributed by atoms with Gasteiger partial charge in [0, 0.05) is 31.6 Å². The highest BCUT2D eigenvalue weighted by Gasteiger charge is 2.25. The molecule has 1 aromatic carbocycles. The molecule has 0 spiro atoms. The van der Waals surface area contributed by atoms with Gasteiger partial charge in [-0.15, -0.1) is 11.3 Å². The van der Waals surface area contributed by atoms with Crippen molar-refractivity contribution in [2.75, 3.05) is 33.3 Å². The summed E-state index contributed by atoms with van der Waals surface area (Å²) in [5.74, 6) is -0.0249. The van der Waals surface area contributed by atoms with Gasteiger partial charge in [0.2, 0.25) is 0 Å². The first-order chi connectivity index (χ1) is 13.7. The molecule has 0 saturated carbocycles. The number of methoxy groups -OCH3 is 1. The number of hydrogen-bond acceptors (Lipinski definition) is 5. The Labute approximate surface area is 167 Å². The van der Waals surface area contributed by atoms with Gasteiger partial charge < -0.3 is 14.5 Å². The lowest BCUT2D eigenvalue weighted by molar-refractivity contribution is 0.0759. The number of aromatic nitrogens is 1. The van der Waals surface area contributed by atoms with E-state index in [1.54, 1.807) is 16.2 Å². The van der Waals surface area contributed by atoms with Crippen LogP contribution in [0, 0.1) is 0 Å². The van der Waals surface area contributed by atoms with Crippen LogP contribution in [0.3, 0.4) is 0 Å². The van der Waals surface area contributed by atoms with Crippen LogP contribution in [0.15, 0.2) is 47.8 Å². The SMILES string of the molecule is COC(=O)N1CCCN(C(=O)c2cc(-c3cccs3)nc3ccccc23)CC1. The van der Waals surface area contributed by atoms with E-state index in [1.807, 2.05) is 52.7 Å². The second kappa shape index (κ2) is 7.98. The van der Waals surface area contributed by atoms with Crippen LogP contribution in [0.2, 0.25) is 0 Å². The fourth-order valence-electron chi connectivity index (χ4n) is 3.51. The number of amides is 2. The minimum absolute atomic E-state index is 0.0249. The minimum atomic E-state index is -0.344. The van der Waals surface area contributed by atoms with Gasteiger partial charge in [0.25, 0.3) is 5.91 Å². The molecule has 0 bridgehead atoms. The van der Waals surface area contributed by atoms with Crippen LogP contribution in [-0.2, 0) is 4.74 Å². The number of thiophene rings is 1. The molecule has 7 heteroatoms. The van der Waals surface area contributed by atoms with Crippen molar-refractivity contribution in [1.82, 2.24) is 14.8 Å². The lowest BCUT2D eigenvalue weighted by Gasteiger charge is -2.22. The highest BCUT2D eigenvalue weighted by atomic mass is 32.1. The van der Waals surface area contributed by atoms with Gasteiger partial charge in [-0.25, -0.2) is 9.78 Å². The van der Waals surface area contributed by atoms with Gasteiger partial charge in [-0.2, -0.15) is 0 Å². The molecule has 1 saturated heterocycles. The number of pyridine rings is 1. The van der Waals surface area contributed by atoms with Crippen molar-refractivity contribution in [2.45, 2.75) is 6.42 Å². The Hall–Kier alpha value is -2.93. The fraction of sp³-hybridized carbons (Fsp3) is 0.286. The standard InChI is InChI=1S/C21H21N3O3S/c1-27-21(26)24-10-5-9-23(11-12-24)20(25)16-14-18(19-8-4-13-28-19)22-17-7-3-2-6-15(16)17/h2-4,6-8,13-14H,5,9-12H2,1H3. The summed E-state index contributed by atoms with van der Waals surface area (Å²) in [5.41, 5.74) is 2.27. The van der Waals surface area contributed by atoms with E-state index >= 15 is 0 Å². The number of rotatable bonds is 2. The summed E-state index contributed by atoms with van der Waals surface area (Å²) >= 11 is 1.60. The van der Waals surface area contributed by atoms with Gasteiger partial charge >= 0.3 is 6.09 Å². The highest BCUT2D eigenvalue weighted by Crippen LogP contribution is 2.28. The Morgan fingerprint density at radius 2 is 1.82 bits per heavy atom. The highest BCUT2D eigenvalue weighted by molar-refractivity contribution is 7.13. The van der Waals surface area contributed by atoms with Crippen molar-refractivity contribution < 1.29 is 14.3 Å². The quantitative estimate of drug-likeness (QED) is 0.661. The summed E-state index contributed by atoms with van der Waals surface area (Å²) < 4.78 is 4.82. The maximum atomic E-state index is 13.4. The first kappa shape index (κ1) is 18.4. The van der Waals surface area contributed by atoms with Crippen molar-refractivity contribution in [3.63, 3.8) is 0 Å². The number of ether oxygens (including phenoxy) is 1. The Balaban J connectivity index is 1.68. The third-order valence-electron chi connectivity index (χ3n) is 4.94. The fourth-order valence-corrected chi connectivity index (χ4v) is 4.19. The van der Waals surface area contributed by atoms with E-state index in [2.05, 4.69) is 0 Å². The van der Waals surface area contributed by atoms with E-state index in [9.17, 15) is 9.59 Å². The number of benzene rings is 1. The molecule has 0 unspecified atom stereocenters. The minimum Gasteiger partial charge on any atom is -0.453 e. The van der Waals surface area contributed by atoms with E-state index in [0.29, 0.717) is 31.7 Å². The van der Waals surface area contributed by atoms with E-state index < -0.39 is 0 Å². The number of fused-ring (bicyclic) bond motifs is 1. The van der Waals surface area contributed by atoms with Crippen molar-refractivity contribution in [1.29, 1.82) is 0 Å². The van der Waals surface area contributed by atoms with Crippen LogP contribution in [0.1, 0.15) is 16.8 Å². The Bertz CT molecular complexity index is 1000. The first-order valence-electron chi connectivity index (χ1n) is 9.23. The first-order valence-corrected chi connectivity index (χ1v) is 10.1. The zero-order chi connectivity index (χ0) is 19.5. The molecule has 6 nitrogen and oxygen atoms in total. The second-order valence-electron chi connectivity index (χ2n) is 6.65. The largest absolute Gasteiger partial charge is 0.453 e. The van der Waals surface area contributed by atoms with Crippen LogP contribution < -0.4 is 0 Å². The predicted molar refractivity (Wildman–Crippen MR) is 110 cm³/mol. The van der Waals surface area contributed by atoms with E-state index in [4.69, 9.17) is 9.72 Å². The van der Waals surface area contributed by atoms with E-state index in [-0.39, 0.29) is 12.0 Å². The van der Waals surface area contributed by atoms with Crippen LogP contribution in [0.25, 0.3) is 21.5 Å². The number of carbonyl (C=O) groups excluding carboxylic acids is 2. The predicted octanol–water partition coefficient (Wildman–Crippen LogP) is 3.88. The summed E-state index contributed by atoms with van der Waals surface area (Å²) in [6.07, 6.45) is 0.380. The number of carbonyl (C=O) groups is 2. The second-order valence-corrected chi connectivity index (χ2v) is 7.60. The Morgan fingerprint density at radius 3 is 2.61 bits per heavy atom. The molecule has 144 valence electrons. The van der Waals surface area contributed by atoms with Crippen LogP contribution in [0.4, 0.5) is 4.79 Å². The molecular weight excluding hydrogens is 374 g/mol. The molecule has 1 fully saturated rings. The summed E-state index contributed by atoms with van der Waals surface area (Å²) in [4.78, 5) is 34.5. The van der Waals surface area contributed by atoms with E-state index in [1.165, 1.54) is 7.11 Å². The van der Waals surface area contributed by atoms with Crippen molar-refractivity contribution in [3.8, 4) is 10.6 Å². The van der Waals surface area contributed by atoms with Crippen LogP contribution >= 0.6 is 11.3 Å². The molecule has 1 aliphatic rings. The molecule has 0 aliphatic carbocycles. The topological polar surface area (TPSA) is 62.7 Å². The number of nitrogens with zero attached hydrogens (tertiary/aromatic N) is 3. The molecule has 1 aliphatic heterocycles. The number of hydrogen-bond donors (Lipinski definition) is 0. The van der Waals surface area contributed by atoms with Crippen LogP contribution in [0.5, 0.6) is 0 Å². The lowest BCUT2D eigenvalue weighted by atomic mass is 10.1. The molecule has 2 aromatic heterocycles.